The number of nitrogens with one attached hydrogen (secondary N) is 1. The van der Waals surface area contributed by atoms with Gasteiger partial charge in [-0.25, -0.2) is 0 Å². The molecule has 0 saturated carbocycles. The van der Waals surface area contributed by atoms with E-state index in [1.165, 1.54) is 25.7 Å². The van der Waals surface area contributed by atoms with Gasteiger partial charge >= 0.3 is 0 Å². The molecule has 1 aromatic carbocycles. The molecule has 0 atom stereocenters. The SMILES string of the molecule is CCCCCCCC(=O)c1cc2ccccc2[nH]1. The lowest BCUT2D eigenvalue weighted by molar-refractivity contribution is 0.0975. The summed E-state index contributed by atoms with van der Waals surface area (Å²) in [6.45, 7) is 2.20. The molecule has 96 valence electrons. The molecular weight excluding hydrogens is 222 g/mol. The number of aromatic nitrogens is 1. The molecule has 18 heavy (non-hydrogen) atoms. The first kappa shape index (κ1) is 12.9. The molecule has 0 aliphatic heterocycles. The predicted molar refractivity (Wildman–Crippen MR) is 76.0 cm³/mol. The van der Waals surface area contributed by atoms with E-state index < -0.39 is 0 Å². The monoisotopic (exact) mass is 243 g/mol. The van der Waals surface area contributed by atoms with E-state index >= 15 is 0 Å². The number of carbonyl (C=O) groups is 1. The van der Waals surface area contributed by atoms with E-state index in [9.17, 15) is 4.79 Å². The molecule has 2 aromatic rings. The van der Waals surface area contributed by atoms with Crippen LogP contribution in [-0.4, -0.2) is 10.8 Å². The molecule has 0 aliphatic carbocycles. The average molecular weight is 243 g/mol. The minimum absolute atomic E-state index is 0.239. The number of rotatable bonds is 7. The maximum atomic E-state index is 12.0. The average Bonchev–Trinajstić information content (AvgIpc) is 2.82. The van der Waals surface area contributed by atoms with Crippen molar-refractivity contribution in [2.24, 2.45) is 0 Å². The highest BCUT2D eigenvalue weighted by atomic mass is 16.1. The Morgan fingerprint density at radius 3 is 2.67 bits per heavy atom. The lowest BCUT2D eigenvalue weighted by Crippen LogP contribution is -1.98. The summed E-state index contributed by atoms with van der Waals surface area (Å²) in [4.78, 5) is 15.2. The number of carbonyl (C=O) groups excluding carboxylic acids is 1. The summed E-state index contributed by atoms with van der Waals surface area (Å²) in [5, 5.41) is 1.12. The van der Waals surface area contributed by atoms with E-state index in [0.717, 1.165) is 23.0 Å². The van der Waals surface area contributed by atoms with Gasteiger partial charge in [-0.15, -0.1) is 0 Å². The fourth-order valence-electron chi connectivity index (χ4n) is 2.25. The largest absolute Gasteiger partial charge is 0.352 e. The first-order valence-corrected chi connectivity index (χ1v) is 6.92. The Morgan fingerprint density at radius 1 is 1.11 bits per heavy atom. The Hall–Kier alpha value is -1.57. The summed E-state index contributed by atoms with van der Waals surface area (Å²) in [6, 6.07) is 9.98. The van der Waals surface area contributed by atoms with E-state index in [-0.39, 0.29) is 5.78 Å². The van der Waals surface area contributed by atoms with Gasteiger partial charge in [0.15, 0.2) is 5.78 Å². The van der Waals surface area contributed by atoms with Gasteiger partial charge in [0, 0.05) is 17.3 Å². The Morgan fingerprint density at radius 2 is 1.89 bits per heavy atom. The van der Waals surface area contributed by atoms with Gasteiger partial charge in [0.1, 0.15) is 0 Å². The Bertz CT molecular complexity index is 480. The summed E-state index contributed by atoms with van der Waals surface area (Å²) in [6.07, 6.45) is 6.61. The van der Waals surface area contributed by atoms with Gasteiger partial charge < -0.3 is 4.98 Å². The smallest absolute Gasteiger partial charge is 0.179 e. The van der Waals surface area contributed by atoms with Crippen LogP contribution in [-0.2, 0) is 0 Å². The molecule has 0 amide bonds. The van der Waals surface area contributed by atoms with E-state index in [4.69, 9.17) is 0 Å². The van der Waals surface area contributed by atoms with Crippen molar-refractivity contribution in [2.45, 2.75) is 45.4 Å². The van der Waals surface area contributed by atoms with Gasteiger partial charge in [0.2, 0.25) is 0 Å². The number of benzene rings is 1. The highest BCUT2D eigenvalue weighted by Gasteiger charge is 2.08. The maximum absolute atomic E-state index is 12.0. The second kappa shape index (κ2) is 6.39. The van der Waals surface area contributed by atoms with E-state index in [1.807, 2.05) is 30.3 Å². The summed E-state index contributed by atoms with van der Waals surface area (Å²) < 4.78 is 0. The highest BCUT2D eigenvalue weighted by molar-refractivity contribution is 5.99. The molecule has 0 bridgehead atoms. The van der Waals surface area contributed by atoms with Crippen molar-refractivity contribution in [3.8, 4) is 0 Å². The fourth-order valence-corrected chi connectivity index (χ4v) is 2.25. The third kappa shape index (κ3) is 3.22. The van der Waals surface area contributed by atoms with Crippen LogP contribution in [0.15, 0.2) is 30.3 Å². The standard InChI is InChI=1S/C16H21NO/c1-2-3-4-5-6-11-16(18)15-12-13-9-7-8-10-14(13)17-15/h7-10,12,17H,2-6,11H2,1H3. The fraction of sp³-hybridized carbons (Fsp3) is 0.438. The zero-order valence-corrected chi connectivity index (χ0v) is 11.0. The van der Waals surface area contributed by atoms with Gasteiger partial charge in [-0.05, 0) is 18.6 Å². The first-order valence-electron chi connectivity index (χ1n) is 6.92. The lowest BCUT2D eigenvalue weighted by Gasteiger charge is -1.99. The van der Waals surface area contributed by atoms with Gasteiger partial charge in [0.05, 0.1) is 5.69 Å². The van der Waals surface area contributed by atoms with Crippen LogP contribution in [0.5, 0.6) is 0 Å². The van der Waals surface area contributed by atoms with Crippen LogP contribution >= 0.6 is 0 Å². The molecule has 0 unspecified atom stereocenters. The van der Waals surface area contributed by atoms with E-state index in [0.29, 0.717) is 6.42 Å². The number of ketones is 1. The molecule has 0 aliphatic rings. The second-order valence-electron chi connectivity index (χ2n) is 4.86. The normalized spacial score (nSPS) is 10.9. The summed E-state index contributed by atoms with van der Waals surface area (Å²) in [5.41, 5.74) is 1.80. The molecule has 0 saturated heterocycles. The van der Waals surface area contributed by atoms with Crippen LogP contribution in [0.25, 0.3) is 10.9 Å². The molecule has 1 N–H and O–H groups in total. The van der Waals surface area contributed by atoms with Crippen LogP contribution in [0, 0.1) is 0 Å². The summed E-state index contributed by atoms with van der Waals surface area (Å²) >= 11 is 0. The predicted octanol–water partition coefficient (Wildman–Crippen LogP) is 4.71. The van der Waals surface area contributed by atoms with Gasteiger partial charge in [-0.3, -0.25) is 4.79 Å². The molecule has 2 nitrogen and oxygen atoms in total. The van der Waals surface area contributed by atoms with Crippen molar-refractivity contribution in [3.63, 3.8) is 0 Å². The molecule has 1 heterocycles. The van der Waals surface area contributed by atoms with Crippen LogP contribution in [0.2, 0.25) is 0 Å². The number of Topliss-reactive ketones (excluding diaryl/α,β-unsaturated/α-hetero) is 1. The molecule has 0 radical (unpaired) electrons. The highest BCUT2D eigenvalue weighted by Crippen LogP contribution is 2.17. The van der Waals surface area contributed by atoms with Crippen molar-refractivity contribution in [3.05, 3.63) is 36.0 Å². The number of unbranched alkanes of at least 4 members (excludes halogenated alkanes) is 4. The maximum Gasteiger partial charge on any atom is 0.179 e. The lowest BCUT2D eigenvalue weighted by atomic mass is 10.1. The summed E-state index contributed by atoms with van der Waals surface area (Å²) in [5.74, 6) is 0.239. The van der Waals surface area contributed by atoms with Gasteiger partial charge in [-0.2, -0.15) is 0 Å². The summed E-state index contributed by atoms with van der Waals surface area (Å²) in [7, 11) is 0. The minimum Gasteiger partial charge on any atom is -0.352 e. The Balaban J connectivity index is 1.88. The number of aromatic amines is 1. The molecule has 1 aromatic heterocycles. The van der Waals surface area contributed by atoms with Gasteiger partial charge in [0.25, 0.3) is 0 Å². The topological polar surface area (TPSA) is 32.9 Å². The number of hydrogen-bond donors (Lipinski definition) is 1. The van der Waals surface area contributed by atoms with Crippen LogP contribution in [0.3, 0.4) is 0 Å². The molecule has 0 fully saturated rings. The molecule has 0 spiro atoms. The number of H-pyrrole nitrogens is 1. The zero-order valence-electron chi connectivity index (χ0n) is 11.0. The third-order valence-electron chi connectivity index (χ3n) is 3.34. The van der Waals surface area contributed by atoms with E-state index in [1.54, 1.807) is 0 Å². The second-order valence-corrected chi connectivity index (χ2v) is 4.86. The van der Waals surface area contributed by atoms with Crippen molar-refractivity contribution in [1.29, 1.82) is 0 Å². The van der Waals surface area contributed by atoms with Crippen LogP contribution in [0.4, 0.5) is 0 Å². The molecule has 2 rings (SSSR count). The van der Waals surface area contributed by atoms with Crippen molar-refractivity contribution < 1.29 is 4.79 Å². The quantitative estimate of drug-likeness (QED) is 0.554. The van der Waals surface area contributed by atoms with Crippen molar-refractivity contribution in [2.75, 3.05) is 0 Å². The van der Waals surface area contributed by atoms with Crippen molar-refractivity contribution in [1.82, 2.24) is 4.98 Å². The number of fused-ring (bicyclic) bond motifs is 1. The van der Waals surface area contributed by atoms with Crippen LogP contribution in [0.1, 0.15) is 55.9 Å². The first-order chi connectivity index (χ1) is 8.81. The van der Waals surface area contributed by atoms with E-state index in [2.05, 4.69) is 11.9 Å². The van der Waals surface area contributed by atoms with Crippen molar-refractivity contribution >= 4 is 16.7 Å². The number of hydrogen-bond acceptors (Lipinski definition) is 1. The van der Waals surface area contributed by atoms with Crippen LogP contribution < -0.4 is 0 Å². The molecule has 2 heteroatoms. The van der Waals surface area contributed by atoms with Gasteiger partial charge in [-0.1, -0.05) is 50.8 Å². The Kier molecular flexibility index (Phi) is 4.57. The molecular formula is C16H21NO. The Labute approximate surface area is 108 Å². The minimum atomic E-state index is 0.239. The third-order valence-corrected chi connectivity index (χ3v) is 3.34. The number of para-hydroxylation sites is 1. The zero-order chi connectivity index (χ0) is 12.8.